The van der Waals surface area contributed by atoms with Gasteiger partial charge in [0.2, 0.25) is 11.8 Å². The Hall–Kier alpha value is -1.68. The fraction of sp³-hybridized carbons (Fsp3) is 0.429. The molecule has 2 saturated heterocycles. The van der Waals surface area contributed by atoms with Crippen LogP contribution in [0.2, 0.25) is 0 Å². The Labute approximate surface area is 106 Å². The van der Waals surface area contributed by atoms with Crippen molar-refractivity contribution >= 4 is 11.8 Å². The fourth-order valence-corrected chi connectivity index (χ4v) is 2.89. The molecule has 94 valence electrons. The number of imide groups is 1. The molecule has 1 N–H and O–H groups in total. The second-order valence-electron chi connectivity index (χ2n) is 5.08. The molecule has 2 atom stereocenters. The lowest BCUT2D eigenvalue weighted by atomic mass is 9.87. The summed E-state index contributed by atoms with van der Waals surface area (Å²) in [7, 11) is 0. The highest BCUT2D eigenvalue weighted by Gasteiger charge is 2.44. The number of rotatable bonds is 2. The highest BCUT2D eigenvalue weighted by atomic mass is 16.2. The van der Waals surface area contributed by atoms with Crippen LogP contribution in [0.15, 0.2) is 30.3 Å². The number of carbonyl (C=O) groups is 2. The standard InChI is InChI=1S/C14H16N2O2/c17-13-11-6-7-16(9-12(11)14(18)15-13)8-10-4-2-1-3-5-10/h1-5,11-12H,6-9H2,(H,15,17,18)/t11-,12+/m0/s1. The summed E-state index contributed by atoms with van der Waals surface area (Å²) >= 11 is 0. The van der Waals surface area contributed by atoms with Gasteiger partial charge in [-0.1, -0.05) is 30.3 Å². The molecule has 1 aromatic carbocycles. The third-order valence-corrected chi connectivity index (χ3v) is 3.87. The van der Waals surface area contributed by atoms with E-state index in [9.17, 15) is 9.59 Å². The SMILES string of the molecule is O=C1NC(=O)[C@@H]2CN(Cc3ccccc3)CC[C@H]12. The predicted molar refractivity (Wildman–Crippen MR) is 66.5 cm³/mol. The van der Waals surface area contributed by atoms with Gasteiger partial charge in [-0.2, -0.15) is 0 Å². The van der Waals surface area contributed by atoms with Gasteiger partial charge in [-0.3, -0.25) is 19.8 Å². The van der Waals surface area contributed by atoms with E-state index in [1.54, 1.807) is 0 Å². The van der Waals surface area contributed by atoms with Gasteiger partial charge in [0.15, 0.2) is 0 Å². The minimum Gasteiger partial charge on any atom is -0.298 e. The zero-order valence-corrected chi connectivity index (χ0v) is 10.1. The smallest absolute Gasteiger partial charge is 0.231 e. The quantitative estimate of drug-likeness (QED) is 0.782. The van der Waals surface area contributed by atoms with Crippen LogP contribution in [0.3, 0.4) is 0 Å². The number of nitrogens with one attached hydrogen (secondary N) is 1. The molecule has 2 fully saturated rings. The van der Waals surface area contributed by atoms with Crippen molar-refractivity contribution in [1.82, 2.24) is 10.2 Å². The lowest BCUT2D eigenvalue weighted by Gasteiger charge is -2.32. The maximum absolute atomic E-state index is 11.7. The molecule has 2 amide bonds. The first-order chi connectivity index (χ1) is 8.74. The fourth-order valence-electron chi connectivity index (χ4n) is 2.89. The number of hydrogen-bond donors (Lipinski definition) is 1. The van der Waals surface area contributed by atoms with Crippen LogP contribution in [-0.4, -0.2) is 29.8 Å². The van der Waals surface area contributed by atoms with E-state index in [0.29, 0.717) is 6.54 Å². The van der Waals surface area contributed by atoms with E-state index < -0.39 is 0 Å². The Bertz CT molecular complexity index is 472. The van der Waals surface area contributed by atoms with Gasteiger partial charge in [-0.25, -0.2) is 0 Å². The van der Waals surface area contributed by atoms with E-state index in [-0.39, 0.29) is 23.7 Å². The van der Waals surface area contributed by atoms with Crippen molar-refractivity contribution in [1.29, 1.82) is 0 Å². The van der Waals surface area contributed by atoms with Gasteiger partial charge in [0, 0.05) is 13.1 Å². The van der Waals surface area contributed by atoms with Crippen molar-refractivity contribution in [2.75, 3.05) is 13.1 Å². The van der Waals surface area contributed by atoms with Gasteiger partial charge in [-0.15, -0.1) is 0 Å². The summed E-state index contributed by atoms with van der Waals surface area (Å²) in [6, 6.07) is 10.2. The van der Waals surface area contributed by atoms with E-state index in [1.165, 1.54) is 5.56 Å². The first kappa shape index (κ1) is 11.4. The Morgan fingerprint density at radius 1 is 1.11 bits per heavy atom. The number of fused-ring (bicyclic) bond motifs is 1. The monoisotopic (exact) mass is 244 g/mol. The number of carbonyl (C=O) groups excluding carboxylic acids is 2. The molecule has 3 rings (SSSR count). The lowest BCUT2D eigenvalue weighted by molar-refractivity contribution is -0.126. The first-order valence-corrected chi connectivity index (χ1v) is 6.35. The first-order valence-electron chi connectivity index (χ1n) is 6.35. The summed E-state index contributed by atoms with van der Waals surface area (Å²) in [5.41, 5.74) is 1.25. The van der Waals surface area contributed by atoms with Crippen LogP contribution in [-0.2, 0) is 16.1 Å². The Morgan fingerprint density at radius 3 is 2.61 bits per heavy atom. The molecule has 0 bridgehead atoms. The normalized spacial score (nSPS) is 28.0. The summed E-state index contributed by atoms with van der Waals surface area (Å²) in [6.45, 7) is 2.43. The molecule has 4 nitrogen and oxygen atoms in total. The number of piperidine rings is 1. The van der Waals surface area contributed by atoms with E-state index >= 15 is 0 Å². The molecular weight excluding hydrogens is 228 g/mol. The van der Waals surface area contributed by atoms with Gasteiger partial charge in [0.1, 0.15) is 0 Å². The van der Waals surface area contributed by atoms with E-state index in [0.717, 1.165) is 19.5 Å². The summed E-state index contributed by atoms with van der Waals surface area (Å²) in [5.74, 6) is -0.411. The molecule has 0 unspecified atom stereocenters. The predicted octanol–water partition coefficient (Wildman–Crippen LogP) is 0.781. The summed E-state index contributed by atoms with van der Waals surface area (Å²) in [4.78, 5) is 25.5. The third kappa shape index (κ3) is 2.04. The van der Waals surface area contributed by atoms with Crippen molar-refractivity contribution in [3.05, 3.63) is 35.9 Å². The minimum absolute atomic E-state index is 0.0793. The molecule has 0 saturated carbocycles. The number of benzene rings is 1. The number of amides is 2. The highest BCUT2D eigenvalue weighted by molar-refractivity contribution is 6.05. The average molecular weight is 244 g/mol. The zero-order valence-electron chi connectivity index (χ0n) is 10.1. The Kier molecular flexibility index (Phi) is 2.88. The molecule has 0 spiro atoms. The van der Waals surface area contributed by atoms with Crippen LogP contribution in [0.5, 0.6) is 0 Å². The van der Waals surface area contributed by atoms with Crippen molar-refractivity contribution in [3.63, 3.8) is 0 Å². The van der Waals surface area contributed by atoms with Crippen LogP contribution in [0.25, 0.3) is 0 Å². The molecule has 0 radical (unpaired) electrons. The van der Waals surface area contributed by atoms with Gasteiger partial charge in [-0.05, 0) is 18.5 Å². The van der Waals surface area contributed by atoms with Crippen LogP contribution in [0.1, 0.15) is 12.0 Å². The second-order valence-corrected chi connectivity index (χ2v) is 5.08. The summed E-state index contributed by atoms with van der Waals surface area (Å²) < 4.78 is 0. The maximum atomic E-state index is 11.7. The molecule has 2 heterocycles. The average Bonchev–Trinajstić information content (AvgIpc) is 2.66. The third-order valence-electron chi connectivity index (χ3n) is 3.87. The molecule has 2 aliphatic heterocycles. The van der Waals surface area contributed by atoms with Crippen LogP contribution < -0.4 is 5.32 Å². The van der Waals surface area contributed by atoms with Gasteiger partial charge >= 0.3 is 0 Å². The largest absolute Gasteiger partial charge is 0.298 e. The molecule has 18 heavy (non-hydrogen) atoms. The summed E-state index contributed by atoms with van der Waals surface area (Å²) in [5, 5.41) is 2.44. The number of nitrogens with zero attached hydrogens (tertiary/aromatic N) is 1. The molecule has 0 aromatic heterocycles. The van der Waals surface area contributed by atoms with Gasteiger partial charge in [0.05, 0.1) is 11.8 Å². The summed E-state index contributed by atoms with van der Waals surface area (Å²) in [6.07, 6.45) is 0.787. The van der Waals surface area contributed by atoms with Crippen molar-refractivity contribution in [2.45, 2.75) is 13.0 Å². The van der Waals surface area contributed by atoms with E-state index in [1.807, 2.05) is 18.2 Å². The zero-order chi connectivity index (χ0) is 12.5. The van der Waals surface area contributed by atoms with Crippen LogP contribution in [0, 0.1) is 11.8 Å². The molecule has 2 aliphatic rings. The maximum Gasteiger partial charge on any atom is 0.231 e. The minimum atomic E-state index is -0.144. The van der Waals surface area contributed by atoms with Crippen molar-refractivity contribution < 1.29 is 9.59 Å². The number of hydrogen-bond acceptors (Lipinski definition) is 3. The number of likely N-dealkylation sites (tertiary alicyclic amines) is 1. The highest BCUT2D eigenvalue weighted by Crippen LogP contribution is 2.29. The van der Waals surface area contributed by atoms with Crippen molar-refractivity contribution in [2.24, 2.45) is 11.8 Å². The van der Waals surface area contributed by atoms with Gasteiger partial charge in [0.25, 0.3) is 0 Å². The Morgan fingerprint density at radius 2 is 1.83 bits per heavy atom. The molecule has 0 aliphatic carbocycles. The molecular formula is C14H16N2O2. The Balaban J connectivity index is 1.67. The van der Waals surface area contributed by atoms with E-state index in [4.69, 9.17) is 0 Å². The van der Waals surface area contributed by atoms with Gasteiger partial charge < -0.3 is 0 Å². The van der Waals surface area contributed by atoms with Crippen molar-refractivity contribution in [3.8, 4) is 0 Å². The molecule has 4 heteroatoms. The lowest BCUT2D eigenvalue weighted by Crippen LogP contribution is -2.41. The van der Waals surface area contributed by atoms with Crippen LogP contribution in [0.4, 0.5) is 0 Å². The second kappa shape index (κ2) is 4.53. The van der Waals surface area contributed by atoms with E-state index in [2.05, 4.69) is 22.3 Å². The van der Waals surface area contributed by atoms with Crippen LogP contribution >= 0.6 is 0 Å². The topological polar surface area (TPSA) is 49.4 Å². The molecule has 1 aromatic rings.